The van der Waals surface area contributed by atoms with Gasteiger partial charge in [0.25, 0.3) is 0 Å². The zero-order valence-electron chi connectivity index (χ0n) is 13.0. The highest BCUT2D eigenvalue weighted by atomic mass is 32.2. The lowest BCUT2D eigenvalue weighted by Crippen LogP contribution is -2.39. The maximum absolute atomic E-state index is 12.6. The van der Waals surface area contributed by atoms with Crippen molar-refractivity contribution in [3.8, 4) is 0 Å². The molecule has 1 unspecified atom stereocenters. The fraction of sp³-hybridized carbons (Fsp3) is 0.714. The van der Waals surface area contributed by atoms with Crippen molar-refractivity contribution in [1.82, 2.24) is 14.5 Å². The lowest BCUT2D eigenvalue weighted by molar-refractivity contribution is 0.271. The molecule has 7 heteroatoms. The molecule has 1 fully saturated rings. The van der Waals surface area contributed by atoms with E-state index in [1.807, 2.05) is 6.92 Å². The fourth-order valence-corrected chi connectivity index (χ4v) is 5.06. The molecule has 21 heavy (non-hydrogen) atoms. The van der Waals surface area contributed by atoms with Gasteiger partial charge in [0.2, 0.25) is 10.0 Å². The summed E-state index contributed by atoms with van der Waals surface area (Å²) < 4.78 is 26.7. The van der Waals surface area contributed by atoms with E-state index in [2.05, 4.69) is 17.3 Å². The molecular formula is C14H25N3O2S2. The predicted octanol–water partition coefficient (Wildman–Crippen LogP) is 1.57. The normalized spacial score (nSPS) is 20.5. The molecule has 0 amide bonds. The highest BCUT2D eigenvalue weighted by Gasteiger charge is 2.28. The first-order chi connectivity index (χ1) is 9.95. The molecule has 5 nitrogen and oxygen atoms in total. The van der Waals surface area contributed by atoms with Crippen LogP contribution in [0.25, 0.3) is 0 Å². The molecule has 0 saturated carbocycles. The minimum atomic E-state index is -3.36. The van der Waals surface area contributed by atoms with E-state index in [0.29, 0.717) is 17.5 Å². The van der Waals surface area contributed by atoms with Crippen LogP contribution >= 0.6 is 11.3 Å². The van der Waals surface area contributed by atoms with E-state index in [1.54, 1.807) is 18.5 Å². The summed E-state index contributed by atoms with van der Waals surface area (Å²) in [5.41, 5.74) is 0. The van der Waals surface area contributed by atoms with E-state index >= 15 is 0 Å². The summed E-state index contributed by atoms with van der Waals surface area (Å²) in [6, 6.07) is 2.13. The van der Waals surface area contributed by atoms with Crippen molar-refractivity contribution in [2.24, 2.45) is 0 Å². The lowest BCUT2D eigenvalue weighted by Gasteiger charge is -2.25. The van der Waals surface area contributed by atoms with Crippen LogP contribution in [0, 0.1) is 0 Å². The van der Waals surface area contributed by atoms with Crippen LogP contribution < -0.4 is 5.32 Å². The SMILES string of the molecule is CCNCc1cc(S(=O)(=O)N(C)CC2CCCN2C)cs1. The Kier molecular flexibility index (Phi) is 5.79. The second kappa shape index (κ2) is 7.19. The molecule has 1 aliphatic rings. The standard InChI is InChI=1S/C14H25N3O2S2/c1-4-15-9-13-8-14(11-20-13)21(18,19)17(3)10-12-6-5-7-16(12)2/h8,11-12,15H,4-7,9-10H2,1-3H3. The maximum atomic E-state index is 12.6. The number of likely N-dealkylation sites (tertiary alicyclic amines) is 1. The van der Waals surface area contributed by atoms with Gasteiger partial charge in [-0.05, 0) is 39.0 Å². The van der Waals surface area contributed by atoms with Crippen molar-refractivity contribution in [3.63, 3.8) is 0 Å². The predicted molar refractivity (Wildman–Crippen MR) is 87.2 cm³/mol. The van der Waals surface area contributed by atoms with Crippen LogP contribution in [0.4, 0.5) is 0 Å². The number of nitrogens with one attached hydrogen (secondary N) is 1. The molecule has 0 spiro atoms. The number of likely N-dealkylation sites (N-methyl/N-ethyl adjacent to an activating group) is 2. The van der Waals surface area contributed by atoms with Crippen molar-refractivity contribution < 1.29 is 8.42 Å². The number of hydrogen-bond acceptors (Lipinski definition) is 5. The van der Waals surface area contributed by atoms with Crippen LogP contribution in [-0.4, -0.2) is 57.4 Å². The molecule has 1 N–H and O–H groups in total. The smallest absolute Gasteiger partial charge is 0.243 e. The Labute approximate surface area is 132 Å². The zero-order valence-corrected chi connectivity index (χ0v) is 14.6. The Morgan fingerprint density at radius 2 is 2.29 bits per heavy atom. The molecule has 1 saturated heterocycles. The van der Waals surface area contributed by atoms with E-state index in [9.17, 15) is 8.42 Å². The molecule has 2 rings (SSSR count). The monoisotopic (exact) mass is 331 g/mol. The number of sulfonamides is 1. The highest BCUT2D eigenvalue weighted by molar-refractivity contribution is 7.89. The number of nitrogens with zero attached hydrogens (tertiary/aromatic N) is 2. The average molecular weight is 332 g/mol. The van der Waals surface area contributed by atoms with E-state index in [-0.39, 0.29) is 0 Å². The molecular weight excluding hydrogens is 306 g/mol. The fourth-order valence-electron chi connectivity index (χ4n) is 2.62. The second-order valence-corrected chi connectivity index (χ2v) is 8.63. The minimum absolute atomic E-state index is 0.338. The van der Waals surface area contributed by atoms with E-state index in [1.165, 1.54) is 15.6 Å². The molecule has 1 aromatic heterocycles. The molecule has 0 radical (unpaired) electrons. The van der Waals surface area contributed by atoms with Gasteiger partial charge in [-0.1, -0.05) is 6.92 Å². The Hall–Kier alpha value is -0.470. The Morgan fingerprint density at radius 3 is 2.90 bits per heavy atom. The first-order valence-corrected chi connectivity index (χ1v) is 9.71. The third-order valence-electron chi connectivity index (χ3n) is 4.03. The number of thiophene rings is 1. The van der Waals surface area contributed by atoms with Crippen molar-refractivity contribution >= 4 is 21.4 Å². The quantitative estimate of drug-likeness (QED) is 0.824. The van der Waals surface area contributed by atoms with Crippen LogP contribution in [0.2, 0.25) is 0 Å². The third kappa shape index (κ3) is 4.04. The van der Waals surface area contributed by atoms with E-state index < -0.39 is 10.0 Å². The van der Waals surface area contributed by atoms with Crippen molar-refractivity contribution in [2.75, 3.05) is 33.7 Å². The Bertz CT molecular complexity index is 556. The highest BCUT2D eigenvalue weighted by Crippen LogP contribution is 2.24. The first kappa shape index (κ1) is 16.9. The van der Waals surface area contributed by atoms with Gasteiger partial charge < -0.3 is 10.2 Å². The summed E-state index contributed by atoms with van der Waals surface area (Å²) >= 11 is 1.50. The minimum Gasteiger partial charge on any atom is -0.312 e. The summed E-state index contributed by atoms with van der Waals surface area (Å²) in [5, 5.41) is 4.97. The molecule has 120 valence electrons. The first-order valence-electron chi connectivity index (χ1n) is 7.40. The number of hydrogen-bond donors (Lipinski definition) is 1. The van der Waals surface area contributed by atoms with Crippen LogP contribution in [0.15, 0.2) is 16.3 Å². The van der Waals surface area contributed by atoms with Gasteiger partial charge in [-0.2, -0.15) is 4.31 Å². The van der Waals surface area contributed by atoms with Crippen molar-refractivity contribution in [2.45, 2.75) is 37.2 Å². The summed E-state index contributed by atoms with van der Waals surface area (Å²) in [6.45, 7) is 5.28. The van der Waals surface area contributed by atoms with Crippen LogP contribution in [0.1, 0.15) is 24.6 Å². The van der Waals surface area contributed by atoms with Gasteiger partial charge >= 0.3 is 0 Å². The lowest BCUT2D eigenvalue weighted by atomic mass is 10.2. The van der Waals surface area contributed by atoms with Crippen molar-refractivity contribution in [3.05, 3.63) is 16.3 Å². The van der Waals surface area contributed by atoms with Gasteiger partial charge in [0.1, 0.15) is 0 Å². The van der Waals surface area contributed by atoms with Crippen LogP contribution in [0.5, 0.6) is 0 Å². The van der Waals surface area contributed by atoms with Gasteiger partial charge in [0.15, 0.2) is 0 Å². The molecule has 0 aromatic carbocycles. The molecule has 1 atom stereocenters. The van der Waals surface area contributed by atoms with Gasteiger partial charge in [0, 0.05) is 36.4 Å². The maximum Gasteiger partial charge on any atom is 0.243 e. The summed E-state index contributed by atoms with van der Waals surface area (Å²) in [4.78, 5) is 3.72. The zero-order chi connectivity index (χ0) is 15.5. The molecule has 0 aliphatic carbocycles. The van der Waals surface area contributed by atoms with Gasteiger partial charge in [0.05, 0.1) is 4.90 Å². The topological polar surface area (TPSA) is 52.7 Å². The largest absolute Gasteiger partial charge is 0.312 e. The van der Waals surface area contributed by atoms with Gasteiger partial charge in [-0.25, -0.2) is 8.42 Å². The van der Waals surface area contributed by atoms with Gasteiger partial charge in [-0.15, -0.1) is 11.3 Å². The Balaban J connectivity index is 2.04. The average Bonchev–Trinajstić information content (AvgIpc) is 3.06. The van der Waals surface area contributed by atoms with Crippen molar-refractivity contribution in [1.29, 1.82) is 0 Å². The third-order valence-corrected chi connectivity index (χ3v) is 6.91. The molecule has 1 aromatic rings. The summed E-state index contributed by atoms with van der Waals surface area (Å²) in [6.07, 6.45) is 2.23. The van der Waals surface area contributed by atoms with Crippen LogP contribution in [0.3, 0.4) is 0 Å². The van der Waals surface area contributed by atoms with E-state index in [0.717, 1.165) is 37.4 Å². The summed E-state index contributed by atoms with van der Waals surface area (Å²) in [7, 11) is 0.386. The van der Waals surface area contributed by atoms with Crippen LogP contribution in [-0.2, 0) is 16.6 Å². The number of rotatable bonds is 7. The Morgan fingerprint density at radius 1 is 1.52 bits per heavy atom. The molecule has 1 aliphatic heterocycles. The summed E-state index contributed by atoms with van der Waals surface area (Å²) in [5.74, 6) is 0. The molecule has 0 bridgehead atoms. The molecule has 2 heterocycles. The van der Waals surface area contributed by atoms with Gasteiger partial charge in [-0.3, -0.25) is 0 Å². The second-order valence-electron chi connectivity index (χ2n) is 5.59. The van der Waals surface area contributed by atoms with E-state index in [4.69, 9.17) is 0 Å².